The average Bonchev–Trinajstić information content (AvgIpc) is 2.20. The fourth-order valence-electron chi connectivity index (χ4n) is 1.40. The molecule has 0 saturated carbocycles. The van der Waals surface area contributed by atoms with Gasteiger partial charge in [-0.05, 0) is 14.1 Å². The number of nitrogens with zero attached hydrogens (tertiary/aromatic N) is 1. The van der Waals surface area contributed by atoms with E-state index in [0.717, 1.165) is 6.07 Å². The summed E-state index contributed by atoms with van der Waals surface area (Å²) in [5.74, 6) is -3.27. The lowest BCUT2D eigenvalue weighted by molar-refractivity contribution is 0.148. The third-order valence-electron chi connectivity index (χ3n) is 2.10. The SMILES string of the molecule is CN(C)CC(O)CNc1cc(F)cc(F)c1F. The largest absolute Gasteiger partial charge is 0.390 e. The van der Waals surface area contributed by atoms with Gasteiger partial charge in [0, 0.05) is 25.2 Å². The summed E-state index contributed by atoms with van der Waals surface area (Å²) in [6, 6.07) is 1.32. The zero-order valence-corrected chi connectivity index (χ0v) is 9.67. The Hall–Kier alpha value is -1.27. The maximum Gasteiger partial charge on any atom is 0.182 e. The van der Waals surface area contributed by atoms with Gasteiger partial charge in [0.25, 0.3) is 0 Å². The van der Waals surface area contributed by atoms with Crippen LogP contribution in [0.25, 0.3) is 0 Å². The van der Waals surface area contributed by atoms with Crippen molar-refractivity contribution in [2.75, 3.05) is 32.5 Å². The zero-order chi connectivity index (χ0) is 13.0. The highest BCUT2D eigenvalue weighted by Gasteiger charge is 2.12. The second kappa shape index (κ2) is 5.88. The first-order valence-corrected chi connectivity index (χ1v) is 5.11. The highest BCUT2D eigenvalue weighted by molar-refractivity contribution is 5.45. The molecule has 6 heteroatoms. The van der Waals surface area contributed by atoms with E-state index in [4.69, 9.17) is 0 Å². The Morgan fingerprint density at radius 1 is 1.29 bits per heavy atom. The summed E-state index contributed by atoms with van der Waals surface area (Å²) >= 11 is 0. The fraction of sp³-hybridized carbons (Fsp3) is 0.455. The molecule has 1 rings (SSSR count). The van der Waals surface area contributed by atoms with Gasteiger partial charge in [0.2, 0.25) is 0 Å². The molecule has 0 amide bonds. The molecule has 0 radical (unpaired) electrons. The van der Waals surface area contributed by atoms with E-state index in [9.17, 15) is 18.3 Å². The predicted octanol–water partition coefficient (Wildman–Crippen LogP) is 1.44. The first-order valence-electron chi connectivity index (χ1n) is 5.11. The topological polar surface area (TPSA) is 35.5 Å². The molecule has 0 saturated heterocycles. The van der Waals surface area contributed by atoms with Crippen molar-refractivity contribution >= 4 is 5.69 Å². The summed E-state index contributed by atoms with van der Waals surface area (Å²) in [6.07, 6.45) is -0.754. The molecule has 17 heavy (non-hydrogen) atoms. The van der Waals surface area contributed by atoms with E-state index >= 15 is 0 Å². The highest BCUT2D eigenvalue weighted by atomic mass is 19.2. The summed E-state index contributed by atoms with van der Waals surface area (Å²) in [5.41, 5.74) is -0.291. The number of rotatable bonds is 5. The van der Waals surface area contributed by atoms with Crippen LogP contribution in [-0.2, 0) is 0 Å². The van der Waals surface area contributed by atoms with Gasteiger partial charge in [0.05, 0.1) is 11.8 Å². The van der Waals surface area contributed by atoms with E-state index in [1.807, 2.05) is 0 Å². The summed E-state index contributed by atoms with van der Waals surface area (Å²) < 4.78 is 38.9. The van der Waals surface area contributed by atoms with Gasteiger partial charge in [-0.25, -0.2) is 13.2 Å². The van der Waals surface area contributed by atoms with Crippen molar-refractivity contribution in [3.05, 3.63) is 29.6 Å². The Labute approximate surface area is 97.9 Å². The second-order valence-corrected chi connectivity index (χ2v) is 4.05. The second-order valence-electron chi connectivity index (χ2n) is 4.05. The molecule has 0 aliphatic rings. The summed E-state index contributed by atoms with van der Waals surface area (Å²) in [7, 11) is 3.54. The van der Waals surface area contributed by atoms with Crippen LogP contribution in [0.1, 0.15) is 0 Å². The van der Waals surface area contributed by atoms with Gasteiger partial charge in [-0.3, -0.25) is 0 Å². The van der Waals surface area contributed by atoms with Gasteiger partial charge < -0.3 is 15.3 Å². The lowest BCUT2D eigenvalue weighted by atomic mass is 10.2. The highest BCUT2D eigenvalue weighted by Crippen LogP contribution is 2.18. The van der Waals surface area contributed by atoms with E-state index in [1.54, 1.807) is 19.0 Å². The molecule has 0 fully saturated rings. The number of anilines is 1. The van der Waals surface area contributed by atoms with Gasteiger partial charge in [0.15, 0.2) is 11.6 Å². The molecule has 1 aromatic carbocycles. The van der Waals surface area contributed by atoms with E-state index in [-0.39, 0.29) is 12.2 Å². The number of hydrogen-bond acceptors (Lipinski definition) is 3. The van der Waals surface area contributed by atoms with Gasteiger partial charge in [-0.1, -0.05) is 0 Å². The lowest BCUT2D eigenvalue weighted by Crippen LogP contribution is -2.31. The van der Waals surface area contributed by atoms with Crippen LogP contribution in [0.2, 0.25) is 0 Å². The van der Waals surface area contributed by atoms with Gasteiger partial charge in [-0.2, -0.15) is 0 Å². The van der Waals surface area contributed by atoms with Crippen LogP contribution >= 0.6 is 0 Å². The maximum atomic E-state index is 13.2. The zero-order valence-electron chi connectivity index (χ0n) is 9.67. The molecule has 0 aromatic heterocycles. The van der Waals surface area contributed by atoms with Gasteiger partial charge >= 0.3 is 0 Å². The van der Waals surface area contributed by atoms with Crippen molar-refractivity contribution in [1.29, 1.82) is 0 Å². The number of likely N-dealkylation sites (N-methyl/N-ethyl adjacent to an activating group) is 1. The average molecular weight is 248 g/mol. The standard InChI is InChI=1S/C11H15F3N2O/c1-16(2)6-8(17)5-15-10-4-7(12)3-9(13)11(10)14/h3-4,8,15,17H,5-6H2,1-2H3. The molecule has 1 atom stereocenters. The molecule has 1 unspecified atom stereocenters. The van der Waals surface area contributed by atoms with E-state index in [1.165, 1.54) is 0 Å². The first kappa shape index (κ1) is 13.8. The van der Waals surface area contributed by atoms with E-state index in [0.29, 0.717) is 12.6 Å². The number of halogens is 3. The summed E-state index contributed by atoms with van der Waals surface area (Å²) in [6.45, 7) is 0.379. The fourth-order valence-corrected chi connectivity index (χ4v) is 1.40. The Bertz CT molecular complexity index is 385. The van der Waals surface area contributed by atoms with Crippen LogP contribution in [-0.4, -0.2) is 43.3 Å². The Kier molecular flexibility index (Phi) is 4.77. The minimum atomic E-state index is -1.26. The molecule has 3 nitrogen and oxygen atoms in total. The van der Waals surface area contributed by atoms with Crippen LogP contribution in [0.3, 0.4) is 0 Å². The lowest BCUT2D eigenvalue weighted by Gasteiger charge is -2.17. The van der Waals surface area contributed by atoms with Crippen molar-refractivity contribution < 1.29 is 18.3 Å². The number of benzene rings is 1. The molecule has 1 aromatic rings. The van der Waals surface area contributed by atoms with Crippen molar-refractivity contribution in [1.82, 2.24) is 4.90 Å². The van der Waals surface area contributed by atoms with Crippen molar-refractivity contribution in [3.63, 3.8) is 0 Å². The van der Waals surface area contributed by atoms with Gasteiger partial charge in [0.1, 0.15) is 5.82 Å². The van der Waals surface area contributed by atoms with Gasteiger partial charge in [-0.15, -0.1) is 0 Å². The molecule has 96 valence electrons. The minimum absolute atomic E-state index is 0.0119. The smallest absolute Gasteiger partial charge is 0.182 e. The Morgan fingerprint density at radius 2 is 1.94 bits per heavy atom. The quantitative estimate of drug-likeness (QED) is 0.774. The Balaban J connectivity index is 2.63. The van der Waals surface area contributed by atoms with Crippen molar-refractivity contribution in [2.24, 2.45) is 0 Å². The molecule has 0 aliphatic heterocycles. The first-order chi connectivity index (χ1) is 7.90. The Morgan fingerprint density at radius 3 is 2.53 bits per heavy atom. The molecule has 0 aliphatic carbocycles. The number of aliphatic hydroxyl groups excluding tert-OH is 1. The van der Waals surface area contributed by atoms with Crippen LogP contribution in [0.5, 0.6) is 0 Å². The maximum absolute atomic E-state index is 13.2. The van der Waals surface area contributed by atoms with E-state index in [2.05, 4.69) is 5.32 Å². The summed E-state index contributed by atoms with van der Waals surface area (Å²) in [4.78, 5) is 1.74. The minimum Gasteiger partial charge on any atom is -0.390 e. The number of hydrogen-bond donors (Lipinski definition) is 2. The molecular weight excluding hydrogens is 233 g/mol. The van der Waals surface area contributed by atoms with Crippen LogP contribution in [0.15, 0.2) is 12.1 Å². The van der Waals surface area contributed by atoms with Crippen LogP contribution < -0.4 is 5.32 Å². The third-order valence-corrected chi connectivity index (χ3v) is 2.10. The van der Waals surface area contributed by atoms with E-state index < -0.39 is 23.6 Å². The molecule has 2 N–H and O–H groups in total. The van der Waals surface area contributed by atoms with Crippen molar-refractivity contribution in [3.8, 4) is 0 Å². The molecule has 0 bridgehead atoms. The third kappa shape index (κ3) is 4.24. The normalized spacial score (nSPS) is 12.9. The predicted molar refractivity (Wildman–Crippen MR) is 59.4 cm³/mol. The number of aliphatic hydroxyl groups is 1. The number of nitrogens with one attached hydrogen (secondary N) is 1. The molecular formula is C11H15F3N2O. The van der Waals surface area contributed by atoms with Crippen LogP contribution in [0, 0.1) is 17.5 Å². The van der Waals surface area contributed by atoms with Crippen molar-refractivity contribution in [2.45, 2.75) is 6.10 Å². The summed E-state index contributed by atoms with van der Waals surface area (Å²) in [5, 5.41) is 12.0. The van der Waals surface area contributed by atoms with Crippen LogP contribution in [0.4, 0.5) is 18.9 Å². The molecule has 0 heterocycles. The molecule has 0 spiro atoms. The monoisotopic (exact) mass is 248 g/mol.